The monoisotopic (exact) mass is 204 g/mol. The first-order valence-electron chi connectivity index (χ1n) is 5.38. The van der Waals surface area contributed by atoms with E-state index < -0.39 is 0 Å². The molecular formula is C12H16N2O. The first-order valence-corrected chi connectivity index (χ1v) is 5.38. The quantitative estimate of drug-likeness (QED) is 0.701. The number of aryl methyl sites for hydroxylation is 1. The fourth-order valence-corrected chi connectivity index (χ4v) is 2.14. The van der Waals surface area contributed by atoms with Gasteiger partial charge in [-0.25, -0.2) is 0 Å². The number of pyridine rings is 1. The highest BCUT2D eigenvalue weighted by Crippen LogP contribution is 2.24. The van der Waals surface area contributed by atoms with Gasteiger partial charge in [-0.3, -0.25) is 9.78 Å². The van der Waals surface area contributed by atoms with Crippen molar-refractivity contribution < 1.29 is 4.79 Å². The zero-order valence-electron chi connectivity index (χ0n) is 9.23. The lowest BCUT2D eigenvalue weighted by atomic mass is 10.0. The van der Waals surface area contributed by atoms with E-state index >= 15 is 0 Å². The maximum Gasteiger partial charge on any atom is 0.136 e. The van der Waals surface area contributed by atoms with Gasteiger partial charge in [0.1, 0.15) is 5.78 Å². The van der Waals surface area contributed by atoms with Gasteiger partial charge in [0.05, 0.1) is 11.4 Å². The molecule has 0 N–H and O–H groups in total. The van der Waals surface area contributed by atoms with E-state index in [9.17, 15) is 4.79 Å². The van der Waals surface area contributed by atoms with Crippen LogP contribution in [-0.4, -0.2) is 23.4 Å². The zero-order chi connectivity index (χ0) is 10.8. The standard InChI is InChI=1S/C12H16N2O/c1-9-8-11(15)5-7-14(9)12-4-3-6-13-10(12)2/h3-4,6,9H,5,7-8H2,1-2H3. The molecule has 1 unspecified atom stereocenters. The molecule has 0 bridgehead atoms. The van der Waals surface area contributed by atoms with Gasteiger partial charge in [-0.1, -0.05) is 0 Å². The highest BCUT2D eigenvalue weighted by Gasteiger charge is 2.24. The third-order valence-electron chi connectivity index (χ3n) is 2.98. The minimum atomic E-state index is 0.300. The Balaban J connectivity index is 2.24. The number of nitrogens with zero attached hydrogens (tertiary/aromatic N) is 2. The molecule has 2 heterocycles. The summed E-state index contributed by atoms with van der Waals surface area (Å²) >= 11 is 0. The molecule has 0 saturated carbocycles. The van der Waals surface area contributed by atoms with Crippen molar-refractivity contribution in [3.05, 3.63) is 24.0 Å². The zero-order valence-corrected chi connectivity index (χ0v) is 9.23. The Labute approximate surface area is 90.1 Å². The molecule has 0 aromatic carbocycles. The average Bonchev–Trinajstić information content (AvgIpc) is 2.20. The summed E-state index contributed by atoms with van der Waals surface area (Å²) in [5.41, 5.74) is 2.20. The molecule has 1 saturated heterocycles. The minimum absolute atomic E-state index is 0.300. The number of carbonyl (C=O) groups excluding carboxylic acids is 1. The molecule has 0 aliphatic carbocycles. The second-order valence-corrected chi connectivity index (χ2v) is 4.14. The summed E-state index contributed by atoms with van der Waals surface area (Å²) in [6.07, 6.45) is 3.13. The van der Waals surface area contributed by atoms with Crippen LogP contribution >= 0.6 is 0 Å². The molecule has 3 heteroatoms. The van der Waals surface area contributed by atoms with E-state index in [0.29, 0.717) is 24.7 Å². The van der Waals surface area contributed by atoms with Gasteiger partial charge in [0.25, 0.3) is 0 Å². The Bertz CT molecular complexity index is 376. The molecule has 1 fully saturated rings. The molecule has 15 heavy (non-hydrogen) atoms. The molecule has 1 atom stereocenters. The van der Waals surface area contributed by atoms with E-state index in [1.807, 2.05) is 13.0 Å². The van der Waals surface area contributed by atoms with Crippen LogP contribution in [0.15, 0.2) is 18.3 Å². The number of hydrogen-bond acceptors (Lipinski definition) is 3. The number of anilines is 1. The molecule has 80 valence electrons. The Morgan fingerprint density at radius 2 is 2.33 bits per heavy atom. The number of hydrogen-bond donors (Lipinski definition) is 0. The van der Waals surface area contributed by atoms with E-state index in [0.717, 1.165) is 17.9 Å². The normalized spacial score (nSPS) is 21.9. The van der Waals surface area contributed by atoms with Gasteiger partial charge in [0.2, 0.25) is 0 Å². The molecular weight excluding hydrogens is 188 g/mol. The third-order valence-corrected chi connectivity index (χ3v) is 2.98. The van der Waals surface area contributed by atoms with Gasteiger partial charge in [-0.05, 0) is 26.0 Å². The van der Waals surface area contributed by atoms with Crippen molar-refractivity contribution in [1.82, 2.24) is 4.98 Å². The summed E-state index contributed by atoms with van der Waals surface area (Å²) in [7, 11) is 0. The van der Waals surface area contributed by atoms with Crippen LogP contribution < -0.4 is 4.90 Å². The van der Waals surface area contributed by atoms with Gasteiger partial charge in [-0.2, -0.15) is 0 Å². The van der Waals surface area contributed by atoms with Crippen LogP contribution in [0.4, 0.5) is 5.69 Å². The van der Waals surface area contributed by atoms with Crippen molar-refractivity contribution in [2.24, 2.45) is 0 Å². The van der Waals surface area contributed by atoms with Gasteiger partial charge >= 0.3 is 0 Å². The number of Topliss-reactive ketones (excluding diaryl/α,β-unsaturated/α-hetero) is 1. The van der Waals surface area contributed by atoms with Crippen molar-refractivity contribution in [3.8, 4) is 0 Å². The van der Waals surface area contributed by atoms with Crippen LogP contribution in [0.5, 0.6) is 0 Å². The second kappa shape index (κ2) is 4.01. The highest BCUT2D eigenvalue weighted by molar-refractivity contribution is 5.81. The van der Waals surface area contributed by atoms with Gasteiger partial charge < -0.3 is 4.90 Å². The first-order chi connectivity index (χ1) is 7.18. The molecule has 1 aromatic rings. The minimum Gasteiger partial charge on any atom is -0.366 e. The molecule has 1 aromatic heterocycles. The molecule has 3 nitrogen and oxygen atoms in total. The van der Waals surface area contributed by atoms with E-state index in [4.69, 9.17) is 0 Å². The van der Waals surface area contributed by atoms with Crippen molar-refractivity contribution in [1.29, 1.82) is 0 Å². The fraction of sp³-hybridized carbons (Fsp3) is 0.500. The third kappa shape index (κ3) is 2.01. The summed E-state index contributed by atoms with van der Waals surface area (Å²) in [4.78, 5) is 17.9. The maximum absolute atomic E-state index is 11.3. The number of rotatable bonds is 1. The molecule has 1 aliphatic rings. The maximum atomic E-state index is 11.3. The summed E-state index contributed by atoms with van der Waals surface area (Å²) in [6, 6.07) is 4.33. The molecule has 0 amide bonds. The van der Waals surface area contributed by atoms with Crippen LogP contribution in [0.3, 0.4) is 0 Å². The highest BCUT2D eigenvalue weighted by atomic mass is 16.1. The Kier molecular flexibility index (Phi) is 2.71. The lowest BCUT2D eigenvalue weighted by Crippen LogP contribution is -2.41. The van der Waals surface area contributed by atoms with Crippen LogP contribution in [0.25, 0.3) is 0 Å². The number of piperidine rings is 1. The topological polar surface area (TPSA) is 33.2 Å². The van der Waals surface area contributed by atoms with Crippen LogP contribution in [0, 0.1) is 6.92 Å². The molecule has 0 radical (unpaired) electrons. The first kappa shape index (κ1) is 10.1. The predicted octanol–water partition coefficient (Wildman–Crippen LogP) is 1.95. The SMILES string of the molecule is Cc1ncccc1N1CCC(=O)CC1C. The van der Waals surface area contributed by atoms with Crippen molar-refractivity contribution in [2.45, 2.75) is 32.7 Å². The average molecular weight is 204 g/mol. The second-order valence-electron chi connectivity index (χ2n) is 4.14. The lowest BCUT2D eigenvalue weighted by molar-refractivity contribution is -0.120. The van der Waals surface area contributed by atoms with Crippen molar-refractivity contribution >= 4 is 11.5 Å². The fourth-order valence-electron chi connectivity index (χ4n) is 2.14. The van der Waals surface area contributed by atoms with Crippen LogP contribution in [0.2, 0.25) is 0 Å². The largest absolute Gasteiger partial charge is 0.366 e. The van der Waals surface area contributed by atoms with Gasteiger partial charge in [-0.15, -0.1) is 0 Å². The summed E-state index contributed by atoms with van der Waals surface area (Å²) in [5, 5.41) is 0. The molecule has 0 spiro atoms. The number of ketones is 1. The summed E-state index contributed by atoms with van der Waals surface area (Å²) < 4.78 is 0. The summed E-state index contributed by atoms with van der Waals surface area (Å²) in [5.74, 6) is 0.375. The van der Waals surface area contributed by atoms with E-state index in [1.54, 1.807) is 6.20 Å². The van der Waals surface area contributed by atoms with Crippen molar-refractivity contribution in [2.75, 3.05) is 11.4 Å². The van der Waals surface area contributed by atoms with Crippen molar-refractivity contribution in [3.63, 3.8) is 0 Å². The predicted molar refractivity (Wildman–Crippen MR) is 60.0 cm³/mol. The van der Waals surface area contributed by atoms with Gasteiger partial charge in [0.15, 0.2) is 0 Å². The number of carbonyl (C=O) groups is 1. The van der Waals surface area contributed by atoms with Crippen LogP contribution in [-0.2, 0) is 4.79 Å². The van der Waals surface area contributed by atoms with E-state index in [1.165, 1.54) is 0 Å². The Morgan fingerprint density at radius 1 is 1.53 bits per heavy atom. The van der Waals surface area contributed by atoms with E-state index in [-0.39, 0.29) is 0 Å². The van der Waals surface area contributed by atoms with E-state index in [2.05, 4.69) is 22.9 Å². The Hall–Kier alpha value is -1.38. The molecule has 2 rings (SSSR count). The number of aromatic nitrogens is 1. The summed E-state index contributed by atoms with van der Waals surface area (Å²) in [6.45, 7) is 4.94. The molecule has 1 aliphatic heterocycles. The van der Waals surface area contributed by atoms with Crippen LogP contribution in [0.1, 0.15) is 25.5 Å². The van der Waals surface area contributed by atoms with Gasteiger partial charge in [0, 0.05) is 31.6 Å². The lowest BCUT2D eigenvalue weighted by Gasteiger charge is -2.35. The smallest absolute Gasteiger partial charge is 0.136 e. The Morgan fingerprint density at radius 3 is 3.00 bits per heavy atom.